The second kappa shape index (κ2) is 6.75. The van der Waals surface area contributed by atoms with Crippen molar-refractivity contribution in [1.29, 1.82) is 0 Å². The van der Waals surface area contributed by atoms with Crippen LogP contribution in [0.15, 0.2) is 22.8 Å². The van der Waals surface area contributed by atoms with Crippen molar-refractivity contribution in [3.05, 3.63) is 24.2 Å². The van der Waals surface area contributed by atoms with Crippen molar-refractivity contribution < 1.29 is 9.21 Å². The van der Waals surface area contributed by atoms with E-state index in [4.69, 9.17) is 4.42 Å². The van der Waals surface area contributed by atoms with Gasteiger partial charge in [0.15, 0.2) is 0 Å². The van der Waals surface area contributed by atoms with Gasteiger partial charge in [-0.3, -0.25) is 9.69 Å². The summed E-state index contributed by atoms with van der Waals surface area (Å²) >= 11 is 0. The van der Waals surface area contributed by atoms with Crippen molar-refractivity contribution in [2.75, 3.05) is 13.6 Å². The molecule has 1 aliphatic rings. The van der Waals surface area contributed by atoms with Gasteiger partial charge in [-0.25, -0.2) is 0 Å². The second-order valence-electron chi connectivity index (χ2n) is 5.68. The van der Waals surface area contributed by atoms with Crippen molar-refractivity contribution in [3.8, 4) is 0 Å². The number of furan rings is 1. The number of likely N-dealkylation sites (N-methyl/N-ethyl adjacent to an activating group) is 1. The van der Waals surface area contributed by atoms with Gasteiger partial charge in [-0.2, -0.15) is 0 Å². The molecule has 0 saturated heterocycles. The average Bonchev–Trinajstić information content (AvgIpc) is 2.90. The molecule has 106 valence electrons. The predicted molar refractivity (Wildman–Crippen MR) is 74.6 cm³/mol. The van der Waals surface area contributed by atoms with Crippen LogP contribution in [-0.4, -0.2) is 30.4 Å². The van der Waals surface area contributed by atoms with E-state index in [-0.39, 0.29) is 5.91 Å². The lowest BCUT2D eigenvalue weighted by molar-refractivity contribution is -0.122. The Labute approximate surface area is 115 Å². The summed E-state index contributed by atoms with van der Waals surface area (Å²) in [4.78, 5) is 14.0. The van der Waals surface area contributed by atoms with Gasteiger partial charge in [0, 0.05) is 6.04 Å². The fraction of sp³-hybridized carbons (Fsp3) is 0.667. The molecular formula is C15H24N2O2. The number of nitrogens with zero attached hydrogens (tertiary/aromatic N) is 1. The minimum Gasteiger partial charge on any atom is -0.467 e. The molecule has 1 aliphatic carbocycles. The molecule has 1 aromatic heterocycles. The van der Waals surface area contributed by atoms with E-state index < -0.39 is 0 Å². The van der Waals surface area contributed by atoms with Crippen LogP contribution < -0.4 is 5.32 Å². The summed E-state index contributed by atoms with van der Waals surface area (Å²) in [6.07, 6.45) is 6.61. The molecule has 0 bridgehead atoms. The number of amides is 1. The highest BCUT2D eigenvalue weighted by Gasteiger charge is 2.22. The molecule has 1 N–H and O–H groups in total. The molecule has 0 unspecified atom stereocenters. The Balaban J connectivity index is 1.69. The van der Waals surface area contributed by atoms with Gasteiger partial charge >= 0.3 is 0 Å². The first-order valence-electron chi connectivity index (χ1n) is 7.14. The molecule has 19 heavy (non-hydrogen) atoms. The quantitative estimate of drug-likeness (QED) is 0.888. The maximum absolute atomic E-state index is 11.9. The van der Waals surface area contributed by atoms with E-state index in [1.807, 2.05) is 19.2 Å². The number of carbonyl (C=O) groups excluding carboxylic acids is 1. The number of carbonyl (C=O) groups is 1. The van der Waals surface area contributed by atoms with Gasteiger partial charge in [0.05, 0.1) is 19.4 Å². The Morgan fingerprint density at radius 2 is 2.16 bits per heavy atom. The van der Waals surface area contributed by atoms with E-state index in [1.54, 1.807) is 6.26 Å². The molecule has 4 heteroatoms. The fourth-order valence-corrected chi connectivity index (χ4v) is 2.69. The Bertz CT molecular complexity index is 381. The topological polar surface area (TPSA) is 45.5 Å². The smallest absolute Gasteiger partial charge is 0.234 e. The molecule has 1 aromatic rings. The van der Waals surface area contributed by atoms with Crippen LogP contribution in [-0.2, 0) is 11.3 Å². The lowest BCUT2D eigenvalue weighted by Gasteiger charge is -2.33. The van der Waals surface area contributed by atoms with Gasteiger partial charge in [0.2, 0.25) is 5.91 Å². The zero-order chi connectivity index (χ0) is 13.7. The first kappa shape index (κ1) is 14.1. The molecule has 1 amide bonds. The van der Waals surface area contributed by atoms with Gasteiger partial charge in [-0.05, 0) is 50.8 Å². The Hall–Kier alpha value is -1.29. The van der Waals surface area contributed by atoms with Crippen LogP contribution in [0, 0.1) is 5.92 Å². The van der Waals surface area contributed by atoms with Crippen LogP contribution >= 0.6 is 0 Å². The van der Waals surface area contributed by atoms with Gasteiger partial charge in [-0.1, -0.05) is 6.92 Å². The molecule has 1 saturated carbocycles. The van der Waals surface area contributed by atoms with E-state index in [2.05, 4.69) is 17.1 Å². The molecule has 1 fully saturated rings. The summed E-state index contributed by atoms with van der Waals surface area (Å²) in [6, 6.07) is 4.26. The first-order chi connectivity index (χ1) is 9.15. The molecule has 0 aromatic carbocycles. The summed E-state index contributed by atoms with van der Waals surface area (Å²) in [5, 5.41) is 2.89. The zero-order valence-corrected chi connectivity index (χ0v) is 11.9. The van der Waals surface area contributed by atoms with E-state index in [1.165, 1.54) is 25.7 Å². The normalized spacial score (nSPS) is 23.5. The maximum atomic E-state index is 11.9. The van der Waals surface area contributed by atoms with Crippen molar-refractivity contribution in [2.24, 2.45) is 5.92 Å². The van der Waals surface area contributed by atoms with Crippen LogP contribution in [0.4, 0.5) is 0 Å². The summed E-state index contributed by atoms with van der Waals surface area (Å²) in [5.41, 5.74) is 0. The number of hydrogen-bond acceptors (Lipinski definition) is 3. The van der Waals surface area contributed by atoms with Crippen LogP contribution in [0.25, 0.3) is 0 Å². The third kappa shape index (κ3) is 4.39. The van der Waals surface area contributed by atoms with Crippen LogP contribution in [0.5, 0.6) is 0 Å². The van der Waals surface area contributed by atoms with E-state index in [0.717, 1.165) is 11.7 Å². The van der Waals surface area contributed by atoms with Gasteiger partial charge < -0.3 is 9.73 Å². The molecule has 0 aliphatic heterocycles. The van der Waals surface area contributed by atoms with E-state index in [0.29, 0.717) is 19.1 Å². The Morgan fingerprint density at radius 1 is 1.42 bits per heavy atom. The summed E-state index contributed by atoms with van der Waals surface area (Å²) in [6.45, 7) is 3.26. The van der Waals surface area contributed by atoms with Crippen molar-refractivity contribution in [3.63, 3.8) is 0 Å². The number of hydrogen-bond donors (Lipinski definition) is 1. The number of nitrogens with one attached hydrogen (secondary N) is 1. The predicted octanol–water partition coefficient (Wildman–Crippen LogP) is 2.41. The molecule has 0 atom stereocenters. The van der Waals surface area contributed by atoms with Crippen LogP contribution in [0.3, 0.4) is 0 Å². The molecule has 2 rings (SSSR count). The summed E-state index contributed by atoms with van der Waals surface area (Å²) in [5.74, 6) is 1.71. The van der Waals surface area contributed by atoms with Crippen LogP contribution in [0.1, 0.15) is 38.4 Å². The number of rotatable bonds is 5. The first-order valence-corrected chi connectivity index (χ1v) is 7.14. The molecule has 0 spiro atoms. The highest BCUT2D eigenvalue weighted by Crippen LogP contribution is 2.26. The highest BCUT2D eigenvalue weighted by molar-refractivity contribution is 5.77. The van der Waals surface area contributed by atoms with Crippen molar-refractivity contribution >= 4 is 5.91 Å². The Kier molecular flexibility index (Phi) is 5.02. The lowest BCUT2D eigenvalue weighted by atomic mass is 9.87. The van der Waals surface area contributed by atoms with Gasteiger partial charge in [0.25, 0.3) is 0 Å². The van der Waals surface area contributed by atoms with Crippen molar-refractivity contribution in [1.82, 2.24) is 10.2 Å². The molecular weight excluding hydrogens is 240 g/mol. The maximum Gasteiger partial charge on any atom is 0.234 e. The highest BCUT2D eigenvalue weighted by atomic mass is 16.3. The summed E-state index contributed by atoms with van der Waals surface area (Å²) in [7, 11) is 2.05. The minimum absolute atomic E-state index is 0.0671. The van der Waals surface area contributed by atoms with E-state index >= 15 is 0 Å². The zero-order valence-electron chi connectivity index (χ0n) is 11.9. The molecule has 0 radical (unpaired) electrons. The minimum atomic E-state index is 0.0671. The van der Waals surface area contributed by atoms with E-state index in [9.17, 15) is 4.79 Å². The Morgan fingerprint density at radius 3 is 2.79 bits per heavy atom. The fourth-order valence-electron chi connectivity index (χ4n) is 2.69. The molecule has 4 nitrogen and oxygen atoms in total. The average molecular weight is 264 g/mol. The van der Waals surface area contributed by atoms with Crippen LogP contribution in [0.2, 0.25) is 0 Å². The largest absolute Gasteiger partial charge is 0.467 e. The second-order valence-corrected chi connectivity index (χ2v) is 5.68. The van der Waals surface area contributed by atoms with Crippen molar-refractivity contribution in [2.45, 2.75) is 45.2 Å². The third-order valence-electron chi connectivity index (χ3n) is 4.04. The summed E-state index contributed by atoms with van der Waals surface area (Å²) < 4.78 is 5.19. The monoisotopic (exact) mass is 264 g/mol. The third-order valence-corrected chi connectivity index (χ3v) is 4.04. The van der Waals surface area contributed by atoms with Gasteiger partial charge in [-0.15, -0.1) is 0 Å². The standard InChI is InChI=1S/C15H24N2O2/c1-12-5-7-13(8-6-12)17(2)11-15(18)16-10-14-4-3-9-19-14/h3-4,9,12-13H,5-8,10-11H2,1-2H3,(H,16,18). The van der Waals surface area contributed by atoms with Gasteiger partial charge in [0.1, 0.15) is 5.76 Å². The molecule has 1 heterocycles. The SMILES string of the molecule is CC1CCC(N(C)CC(=O)NCc2ccco2)CC1. The lowest BCUT2D eigenvalue weighted by Crippen LogP contribution is -2.41.